The first-order valence-corrected chi connectivity index (χ1v) is 7.72. The van der Waals surface area contributed by atoms with Gasteiger partial charge in [-0.25, -0.2) is 0 Å². The van der Waals surface area contributed by atoms with E-state index in [-0.39, 0.29) is 5.91 Å². The summed E-state index contributed by atoms with van der Waals surface area (Å²) in [7, 11) is 0. The van der Waals surface area contributed by atoms with Gasteiger partial charge in [0.25, 0.3) is 0 Å². The fourth-order valence-corrected chi connectivity index (χ4v) is 2.81. The molecule has 1 aliphatic rings. The van der Waals surface area contributed by atoms with E-state index in [1.165, 1.54) is 11.1 Å². The zero-order valence-corrected chi connectivity index (χ0v) is 12.9. The Bertz CT molecular complexity index is 462. The van der Waals surface area contributed by atoms with Gasteiger partial charge in [0.15, 0.2) is 0 Å². The van der Waals surface area contributed by atoms with Crippen LogP contribution in [-0.4, -0.2) is 30.4 Å². The van der Waals surface area contributed by atoms with Gasteiger partial charge in [-0.05, 0) is 43.2 Å². The van der Waals surface area contributed by atoms with E-state index in [0.29, 0.717) is 6.54 Å². The van der Waals surface area contributed by atoms with Crippen LogP contribution in [0.1, 0.15) is 37.8 Å². The standard InChI is InChI=1S/C17H26N2O/c1-4-15-7-5-6-14(3)17(15)18-12-16(20)19-10-8-13(2)9-11-19/h5-7,13,18H,4,8-12H2,1-3H3. The average Bonchev–Trinajstić information content (AvgIpc) is 2.46. The van der Waals surface area contributed by atoms with Crippen LogP contribution in [0.3, 0.4) is 0 Å². The zero-order valence-electron chi connectivity index (χ0n) is 12.9. The highest BCUT2D eigenvalue weighted by Crippen LogP contribution is 2.21. The maximum absolute atomic E-state index is 12.3. The van der Waals surface area contributed by atoms with Crippen molar-refractivity contribution in [2.24, 2.45) is 5.92 Å². The predicted molar refractivity (Wildman–Crippen MR) is 84.0 cm³/mol. The summed E-state index contributed by atoms with van der Waals surface area (Å²) in [5.74, 6) is 0.984. The second kappa shape index (κ2) is 6.78. The molecule has 2 rings (SSSR count). The SMILES string of the molecule is CCc1cccc(C)c1NCC(=O)N1CCC(C)CC1. The molecule has 1 aromatic rings. The number of nitrogens with zero attached hydrogens (tertiary/aromatic N) is 1. The molecule has 1 heterocycles. The van der Waals surface area contributed by atoms with Crippen LogP contribution < -0.4 is 5.32 Å². The van der Waals surface area contributed by atoms with Crippen LogP contribution in [0, 0.1) is 12.8 Å². The highest BCUT2D eigenvalue weighted by Gasteiger charge is 2.20. The average molecular weight is 274 g/mol. The largest absolute Gasteiger partial charge is 0.376 e. The van der Waals surface area contributed by atoms with E-state index < -0.39 is 0 Å². The van der Waals surface area contributed by atoms with Crippen molar-refractivity contribution in [3.8, 4) is 0 Å². The minimum atomic E-state index is 0.224. The molecule has 3 heteroatoms. The van der Waals surface area contributed by atoms with Gasteiger partial charge in [-0.1, -0.05) is 32.0 Å². The third-order valence-electron chi connectivity index (χ3n) is 4.29. The maximum atomic E-state index is 12.3. The van der Waals surface area contributed by atoms with Gasteiger partial charge in [-0.3, -0.25) is 4.79 Å². The number of carbonyl (C=O) groups excluding carboxylic acids is 1. The summed E-state index contributed by atoms with van der Waals surface area (Å²) in [5, 5.41) is 3.35. The van der Waals surface area contributed by atoms with Crippen LogP contribution in [0.5, 0.6) is 0 Å². The molecular formula is C17H26N2O. The monoisotopic (exact) mass is 274 g/mol. The number of carbonyl (C=O) groups is 1. The predicted octanol–water partition coefficient (Wildman–Crippen LogP) is 3.23. The molecule has 0 bridgehead atoms. The van der Waals surface area contributed by atoms with Crippen LogP contribution in [0.15, 0.2) is 18.2 Å². The molecule has 0 aliphatic carbocycles. The van der Waals surface area contributed by atoms with Gasteiger partial charge < -0.3 is 10.2 Å². The van der Waals surface area contributed by atoms with E-state index in [0.717, 1.165) is 44.0 Å². The molecular weight excluding hydrogens is 248 g/mol. The molecule has 20 heavy (non-hydrogen) atoms. The first kappa shape index (κ1) is 14.9. The number of aryl methyl sites for hydroxylation is 2. The van der Waals surface area contributed by atoms with Gasteiger partial charge in [-0.2, -0.15) is 0 Å². The van der Waals surface area contributed by atoms with Crippen molar-refractivity contribution in [2.75, 3.05) is 25.0 Å². The Kier molecular flexibility index (Phi) is 5.05. The van der Waals surface area contributed by atoms with Crippen molar-refractivity contribution in [1.29, 1.82) is 0 Å². The summed E-state index contributed by atoms with van der Waals surface area (Å²) in [4.78, 5) is 14.2. The Hall–Kier alpha value is -1.51. The third kappa shape index (κ3) is 3.53. The molecule has 110 valence electrons. The van der Waals surface area contributed by atoms with Crippen molar-refractivity contribution in [3.63, 3.8) is 0 Å². The summed E-state index contributed by atoms with van der Waals surface area (Å²) in [5.41, 5.74) is 3.63. The Morgan fingerprint density at radius 3 is 2.70 bits per heavy atom. The summed E-state index contributed by atoms with van der Waals surface area (Å²) in [6, 6.07) is 6.30. The molecule has 1 saturated heterocycles. The summed E-state index contributed by atoms with van der Waals surface area (Å²) < 4.78 is 0. The quantitative estimate of drug-likeness (QED) is 0.914. The van der Waals surface area contributed by atoms with Gasteiger partial charge in [0.05, 0.1) is 6.54 Å². The number of likely N-dealkylation sites (tertiary alicyclic amines) is 1. The lowest BCUT2D eigenvalue weighted by molar-refractivity contribution is -0.130. The molecule has 0 aromatic heterocycles. The van der Waals surface area contributed by atoms with E-state index in [4.69, 9.17) is 0 Å². The Morgan fingerprint density at radius 2 is 2.05 bits per heavy atom. The van der Waals surface area contributed by atoms with Crippen LogP contribution in [0.4, 0.5) is 5.69 Å². The van der Waals surface area contributed by atoms with Crippen molar-refractivity contribution in [3.05, 3.63) is 29.3 Å². The maximum Gasteiger partial charge on any atom is 0.241 e. The lowest BCUT2D eigenvalue weighted by atomic mass is 9.99. The first-order valence-electron chi connectivity index (χ1n) is 7.72. The van der Waals surface area contributed by atoms with Gasteiger partial charge in [0.1, 0.15) is 0 Å². The highest BCUT2D eigenvalue weighted by atomic mass is 16.2. The van der Waals surface area contributed by atoms with Crippen LogP contribution >= 0.6 is 0 Å². The minimum Gasteiger partial charge on any atom is -0.376 e. The molecule has 3 nitrogen and oxygen atoms in total. The van der Waals surface area contributed by atoms with E-state index in [9.17, 15) is 4.79 Å². The normalized spacial score (nSPS) is 16.2. The summed E-state index contributed by atoms with van der Waals surface area (Å²) in [6.07, 6.45) is 3.26. The number of rotatable bonds is 4. The Balaban J connectivity index is 1.93. The van der Waals surface area contributed by atoms with E-state index in [1.807, 2.05) is 4.90 Å². The molecule has 1 aliphatic heterocycles. The molecule has 0 saturated carbocycles. The molecule has 1 fully saturated rings. The van der Waals surface area contributed by atoms with Crippen LogP contribution in [-0.2, 0) is 11.2 Å². The van der Waals surface area contributed by atoms with Crippen molar-refractivity contribution in [1.82, 2.24) is 4.90 Å². The summed E-state index contributed by atoms with van der Waals surface area (Å²) in [6.45, 7) is 8.74. The minimum absolute atomic E-state index is 0.224. The van der Waals surface area contributed by atoms with Gasteiger partial charge in [0.2, 0.25) is 5.91 Å². The van der Waals surface area contributed by atoms with E-state index in [2.05, 4.69) is 44.3 Å². The van der Waals surface area contributed by atoms with Crippen molar-refractivity contribution >= 4 is 11.6 Å². The number of hydrogen-bond donors (Lipinski definition) is 1. The van der Waals surface area contributed by atoms with Gasteiger partial charge in [-0.15, -0.1) is 0 Å². The molecule has 0 spiro atoms. The van der Waals surface area contributed by atoms with Crippen LogP contribution in [0.25, 0.3) is 0 Å². The molecule has 0 unspecified atom stereocenters. The summed E-state index contributed by atoms with van der Waals surface area (Å²) >= 11 is 0. The van der Waals surface area contributed by atoms with Gasteiger partial charge >= 0.3 is 0 Å². The molecule has 1 N–H and O–H groups in total. The number of anilines is 1. The second-order valence-electron chi connectivity index (χ2n) is 5.88. The first-order chi connectivity index (χ1) is 9.61. The van der Waals surface area contributed by atoms with Gasteiger partial charge in [0, 0.05) is 18.8 Å². The molecule has 0 atom stereocenters. The highest BCUT2D eigenvalue weighted by molar-refractivity contribution is 5.81. The Labute approximate surface area is 122 Å². The lowest BCUT2D eigenvalue weighted by Gasteiger charge is -2.30. The van der Waals surface area contributed by atoms with Crippen molar-refractivity contribution in [2.45, 2.75) is 40.0 Å². The topological polar surface area (TPSA) is 32.3 Å². The third-order valence-corrected chi connectivity index (χ3v) is 4.29. The fraction of sp³-hybridized carbons (Fsp3) is 0.588. The van der Waals surface area contributed by atoms with E-state index in [1.54, 1.807) is 0 Å². The lowest BCUT2D eigenvalue weighted by Crippen LogP contribution is -2.41. The zero-order chi connectivity index (χ0) is 14.5. The number of hydrogen-bond acceptors (Lipinski definition) is 2. The fourth-order valence-electron chi connectivity index (χ4n) is 2.81. The molecule has 0 radical (unpaired) electrons. The Morgan fingerprint density at radius 1 is 1.35 bits per heavy atom. The number of benzene rings is 1. The number of piperidine rings is 1. The van der Waals surface area contributed by atoms with Crippen molar-refractivity contribution < 1.29 is 4.79 Å². The second-order valence-corrected chi connectivity index (χ2v) is 5.88. The van der Waals surface area contributed by atoms with E-state index >= 15 is 0 Å². The van der Waals surface area contributed by atoms with Crippen LogP contribution in [0.2, 0.25) is 0 Å². The number of para-hydroxylation sites is 1. The molecule has 1 aromatic carbocycles. The molecule has 1 amide bonds. The number of nitrogens with one attached hydrogen (secondary N) is 1. The smallest absolute Gasteiger partial charge is 0.241 e. The number of amides is 1.